The number of rotatable bonds is 3. The zero-order valence-electron chi connectivity index (χ0n) is 9.09. The topological polar surface area (TPSA) is 76.4 Å². The van der Waals surface area contributed by atoms with E-state index >= 15 is 0 Å². The maximum absolute atomic E-state index is 11.7. The van der Waals surface area contributed by atoms with Gasteiger partial charge in [-0.3, -0.25) is 4.57 Å². The van der Waals surface area contributed by atoms with Gasteiger partial charge in [0.25, 0.3) is 0 Å². The van der Waals surface area contributed by atoms with E-state index in [1.165, 1.54) is 4.57 Å². The smallest absolute Gasteiger partial charge is 0.351 e. The number of hydrogen-bond donors (Lipinski definition) is 2. The van der Waals surface area contributed by atoms with Gasteiger partial charge in [0.05, 0.1) is 12.7 Å². The van der Waals surface area contributed by atoms with Crippen LogP contribution >= 0.6 is 0 Å². The van der Waals surface area contributed by atoms with Crippen LogP contribution in [0.5, 0.6) is 0 Å². The minimum Gasteiger partial charge on any atom is -0.394 e. The minimum absolute atomic E-state index is 0.00667. The molecule has 0 radical (unpaired) electrons. The van der Waals surface area contributed by atoms with Crippen molar-refractivity contribution in [1.82, 2.24) is 9.55 Å². The molecular weight excluding hydrogens is 210 g/mol. The monoisotopic (exact) mass is 225 g/mol. The van der Waals surface area contributed by atoms with E-state index < -0.39 is 0 Å². The largest absolute Gasteiger partial charge is 0.394 e. The fourth-order valence-corrected chi connectivity index (χ4v) is 1.80. The van der Waals surface area contributed by atoms with Crippen molar-refractivity contribution >= 4 is 5.82 Å². The first-order valence-electron chi connectivity index (χ1n) is 5.28. The molecule has 2 heterocycles. The molecule has 1 aromatic heterocycles. The van der Waals surface area contributed by atoms with E-state index in [9.17, 15) is 4.79 Å². The molecule has 6 heteroatoms. The van der Waals surface area contributed by atoms with Crippen LogP contribution in [0.1, 0.15) is 19.1 Å². The van der Waals surface area contributed by atoms with Gasteiger partial charge in [-0.1, -0.05) is 0 Å². The first-order valence-corrected chi connectivity index (χ1v) is 5.28. The molecule has 0 aliphatic carbocycles. The summed E-state index contributed by atoms with van der Waals surface area (Å²) >= 11 is 0. The molecule has 6 nitrogen and oxygen atoms in total. The highest BCUT2D eigenvalue weighted by atomic mass is 16.5. The normalized spacial score (nSPS) is 24.6. The Hall–Kier alpha value is -1.40. The maximum atomic E-state index is 11.7. The molecule has 0 spiro atoms. The molecule has 1 saturated heterocycles. The minimum atomic E-state index is -0.338. The number of ether oxygens (including phenoxy) is 1. The molecule has 1 aromatic rings. The number of anilines is 1. The zero-order valence-corrected chi connectivity index (χ0v) is 9.09. The van der Waals surface area contributed by atoms with Gasteiger partial charge in [0.15, 0.2) is 0 Å². The summed E-state index contributed by atoms with van der Waals surface area (Å²) in [5, 5.41) is 11.7. The van der Waals surface area contributed by atoms with Gasteiger partial charge in [-0.05, 0) is 18.9 Å². The molecular formula is C10H15N3O3. The number of nitrogens with one attached hydrogen (secondary N) is 1. The second kappa shape index (κ2) is 4.63. The summed E-state index contributed by atoms with van der Waals surface area (Å²) in [5.41, 5.74) is -0.338. The predicted molar refractivity (Wildman–Crippen MR) is 58.3 cm³/mol. The molecule has 0 saturated carbocycles. The Morgan fingerprint density at radius 3 is 3.06 bits per heavy atom. The van der Waals surface area contributed by atoms with Crippen LogP contribution < -0.4 is 11.0 Å². The van der Waals surface area contributed by atoms with E-state index in [1.807, 2.05) is 0 Å². The Morgan fingerprint density at radius 2 is 2.50 bits per heavy atom. The number of nitrogens with zero attached hydrogens (tertiary/aromatic N) is 2. The standard InChI is InChI=1S/C10H15N3O3/c1-11-8-4-5-13(10(15)12-8)9-3-2-7(6-14)16-9/h4-5,7,9,14H,2-3,6H2,1H3,(H,11,12,15). The van der Waals surface area contributed by atoms with Gasteiger partial charge in [-0.25, -0.2) is 4.79 Å². The van der Waals surface area contributed by atoms with E-state index in [-0.39, 0.29) is 24.6 Å². The lowest BCUT2D eigenvalue weighted by atomic mass is 10.2. The van der Waals surface area contributed by atoms with E-state index in [0.29, 0.717) is 5.82 Å². The second-order valence-electron chi connectivity index (χ2n) is 3.73. The molecule has 1 aliphatic heterocycles. The molecule has 16 heavy (non-hydrogen) atoms. The third-order valence-corrected chi connectivity index (χ3v) is 2.69. The van der Waals surface area contributed by atoms with Crippen LogP contribution in [0.25, 0.3) is 0 Å². The highest BCUT2D eigenvalue weighted by Crippen LogP contribution is 2.26. The molecule has 88 valence electrons. The number of aromatic nitrogens is 2. The van der Waals surface area contributed by atoms with Crippen LogP contribution in [0.2, 0.25) is 0 Å². The molecule has 1 aliphatic rings. The summed E-state index contributed by atoms with van der Waals surface area (Å²) in [5.74, 6) is 0.540. The third kappa shape index (κ3) is 2.07. The van der Waals surface area contributed by atoms with Crippen molar-refractivity contribution in [1.29, 1.82) is 0 Å². The fraction of sp³-hybridized carbons (Fsp3) is 0.600. The molecule has 0 aromatic carbocycles. The Kier molecular flexibility index (Phi) is 3.21. The summed E-state index contributed by atoms with van der Waals surface area (Å²) in [6.07, 6.45) is 2.68. The van der Waals surface area contributed by atoms with Crippen LogP contribution in [0.15, 0.2) is 17.1 Å². The average Bonchev–Trinajstić information content (AvgIpc) is 2.77. The summed E-state index contributed by atoms with van der Waals surface area (Å²) in [7, 11) is 1.71. The van der Waals surface area contributed by atoms with Gasteiger partial charge in [-0.15, -0.1) is 0 Å². The maximum Gasteiger partial charge on any atom is 0.351 e. The van der Waals surface area contributed by atoms with Gasteiger partial charge in [0.2, 0.25) is 0 Å². The highest BCUT2D eigenvalue weighted by Gasteiger charge is 2.26. The molecule has 0 amide bonds. The van der Waals surface area contributed by atoms with E-state index in [2.05, 4.69) is 10.3 Å². The average molecular weight is 225 g/mol. The van der Waals surface area contributed by atoms with Gasteiger partial charge in [-0.2, -0.15) is 4.98 Å². The summed E-state index contributed by atoms with van der Waals surface area (Å²) in [6.45, 7) is -0.00667. The Bertz CT molecular complexity index is 418. The lowest BCUT2D eigenvalue weighted by Crippen LogP contribution is -2.27. The van der Waals surface area contributed by atoms with Crippen LogP contribution in [0, 0.1) is 0 Å². The zero-order chi connectivity index (χ0) is 11.5. The van der Waals surface area contributed by atoms with Crippen molar-refractivity contribution in [3.8, 4) is 0 Å². The Labute approximate surface area is 92.9 Å². The molecule has 0 bridgehead atoms. The van der Waals surface area contributed by atoms with E-state index in [1.54, 1.807) is 19.3 Å². The first-order chi connectivity index (χ1) is 7.74. The molecule has 2 N–H and O–H groups in total. The van der Waals surface area contributed by atoms with Crippen molar-refractivity contribution in [3.63, 3.8) is 0 Å². The SMILES string of the molecule is CNc1ccn(C2CCC(CO)O2)c(=O)n1. The lowest BCUT2D eigenvalue weighted by molar-refractivity contribution is -0.0245. The van der Waals surface area contributed by atoms with Gasteiger partial charge < -0.3 is 15.2 Å². The van der Waals surface area contributed by atoms with E-state index in [4.69, 9.17) is 9.84 Å². The molecule has 2 rings (SSSR count). The summed E-state index contributed by atoms with van der Waals surface area (Å²) < 4.78 is 6.96. The molecule has 1 fully saturated rings. The lowest BCUT2D eigenvalue weighted by Gasteiger charge is -2.14. The summed E-state index contributed by atoms with van der Waals surface area (Å²) in [4.78, 5) is 15.5. The number of hydrogen-bond acceptors (Lipinski definition) is 5. The van der Waals surface area contributed by atoms with Crippen molar-refractivity contribution in [2.75, 3.05) is 19.0 Å². The predicted octanol–water partition coefficient (Wildman–Crippen LogP) is -0.0451. The third-order valence-electron chi connectivity index (χ3n) is 2.69. The summed E-state index contributed by atoms with van der Waals surface area (Å²) in [6, 6.07) is 1.72. The van der Waals surface area contributed by atoms with Crippen molar-refractivity contribution < 1.29 is 9.84 Å². The number of aliphatic hydroxyl groups excluding tert-OH is 1. The number of aliphatic hydroxyl groups is 1. The molecule has 2 atom stereocenters. The van der Waals surface area contributed by atoms with Gasteiger partial charge in [0, 0.05) is 13.2 Å². The van der Waals surface area contributed by atoms with Crippen LogP contribution in [-0.4, -0.2) is 34.4 Å². The first kappa shape index (κ1) is 11.1. The van der Waals surface area contributed by atoms with Crippen LogP contribution in [0.4, 0.5) is 5.82 Å². The van der Waals surface area contributed by atoms with Crippen molar-refractivity contribution in [2.24, 2.45) is 0 Å². The van der Waals surface area contributed by atoms with Gasteiger partial charge in [0.1, 0.15) is 12.0 Å². The van der Waals surface area contributed by atoms with Gasteiger partial charge >= 0.3 is 5.69 Å². The molecule has 2 unspecified atom stereocenters. The van der Waals surface area contributed by atoms with Crippen LogP contribution in [-0.2, 0) is 4.74 Å². The second-order valence-corrected chi connectivity index (χ2v) is 3.73. The van der Waals surface area contributed by atoms with E-state index in [0.717, 1.165) is 12.8 Å². The quantitative estimate of drug-likeness (QED) is 0.754. The Balaban J connectivity index is 2.19. The fourth-order valence-electron chi connectivity index (χ4n) is 1.80. The van der Waals surface area contributed by atoms with Crippen LogP contribution in [0.3, 0.4) is 0 Å². The Morgan fingerprint density at radius 1 is 1.69 bits per heavy atom. The highest BCUT2D eigenvalue weighted by molar-refractivity contribution is 5.30. The van der Waals surface area contributed by atoms with Crippen molar-refractivity contribution in [2.45, 2.75) is 25.2 Å². The van der Waals surface area contributed by atoms with Crippen molar-refractivity contribution in [3.05, 3.63) is 22.7 Å².